The number of benzene rings is 2. The summed E-state index contributed by atoms with van der Waals surface area (Å²) in [6.07, 6.45) is 9.95. The Labute approximate surface area is 342 Å². The third kappa shape index (κ3) is 7.80. The van der Waals surface area contributed by atoms with E-state index in [0.717, 1.165) is 38.8 Å². The molecular weight excluding hydrogens is 746 g/mol. The number of thioether (sulfide) groups is 1. The van der Waals surface area contributed by atoms with Crippen LogP contribution in [0.1, 0.15) is 8.85 Å². The molecule has 0 aliphatic heterocycles. The van der Waals surface area contributed by atoms with Gasteiger partial charge in [-0.05, 0) is 66.9 Å². The molecule has 0 unspecified atom stereocenters. The minimum atomic E-state index is -3.54. The van der Waals surface area contributed by atoms with Crippen molar-refractivity contribution in [3.63, 3.8) is 0 Å². The zero-order valence-corrected chi connectivity index (χ0v) is 32.4. The van der Waals surface area contributed by atoms with Crippen LogP contribution in [0.4, 0.5) is 8.78 Å². The second-order valence-electron chi connectivity index (χ2n) is 10.2. The van der Waals surface area contributed by atoms with Crippen molar-refractivity contribution in [2.75, 3.05) is 12.5 Å². The zero-order chi connectivity index (χ0) is 33.4. The topological polar surface area (TPSA) is 120 Å². The predicted molar refractivity (Wildman–Crippen MR) is 192 cm³/mol. The van der Waals surface area contributed by atoms with E-state index < -0.39 is 9.84 Å². The Morgan fingerprint density at radius 3 is 1.62 bits per heavy atom. The van der Waals surface area contributed by atoms with Gasteiger partial charge in [-0.1, -0.05) is 19.2 Å². The van der Waals surface area contributed by atoms with Crippen LogP contribution in [0.15, 0.2) is 107 Å². The van der Waals surface area contributed by atoms with E-state index in [-0.39, 0.29) is 77.0 Å². The molecule has 6 heterocycles. The van der Waals surface area contributed by atoms with Gasteiger partial charge in [-0.2, -0.15) is 0 Å². The van der Waals surface area contributed by atoms with Crippen LogP contribution in [-0.4, -0.2) is 59.6 Å². The van der Waals surface area contributed by atoms with Crippen LogP contribution in [0.25, 0.3) is 55.2 Å². The third-order valence-electron chi connectivity index (χ3n) is 7.03. The van der Waals surface area contributed by atoms with Crippen molar-refractivity contribution >= 4 is 54.2 Å². The molecule has 0 radical (unpaired) electrons. The zero-order valence-electron chi connectivity index (χ0n) is 27.0. The van der Waals surface area contributed by atoms with Crippen molar-refractivity contribution < 1.29 is 70.0 Å². The molecule has 0 aliphatic rings. The first kappa shape index (κ1) is 38.0. The van der Waals surface area contributed by atoms with Crippen LogP contribution in [0.3, 0.4) is 0 Å². The van der Waals surface area contributed by atoms with Gasteiger partial charge in [0.15, 0.2) is 15.1 Å². The first-order valence-corrected chi connectivity index (χ1v) is 18.9. The van der Waals surface area contributed by atoms with Crippen molar-refractivity contribution in [2.45, 2.75) is 17.7 Å². The third-order valence-corrected chi connectivity index (χ3v) is 9.96. The van der Waals surface area contributed by atoms with E-state index in [1.807, 2.05) is 44.3 Å². The molecule has 8 rings (SSSR count). The maximum absolute atomic E-state index is 13.2. The molecular formula is C33H27F2KN8O2S4. The molecule has 0 atom stereocenters. The molecule has 6 aromatic heterocycles. The van der Waals surface area contributed by atoms with Gasteiger partial charge in [-0.3, -0.25) is 8.80 Å². The second kappa shape index (κ2) is 16.0. The fourth-order valence-corrected chi connectivity index (χ4v) is 7.20. The molecule has 0 saturated heterocycles. The van der Waals surface area contributed by atoms with Crippen LogP contribution < -0.4 is 51.4 Å². The molecule has 17 heteroatoms. The molecule has 0 aliphatic carbocycles. The number of thiazole rings is 2. The summed E-state index contributed by atoms with van der Waals surface area (Å²) in [4.78, 5) is 27.7. The molecule has 0 saturated carbocycles. The van der Waals surface area contributed by atoms with Gasteiger partial charge in [0.1, 0.15) is 23.0 Å². The van der Waals surface area contributed by atoms with Crippen molar-refractivity contribution in [1.82, 2.24) is 38.7 Å². The largest absolute Gasteiger partial charge is 1.00 e. The molecule has 10 nitrogen and oxygen atoms in total. The molecule has 2 aromatic carbocycles. The van der Waals surface area contributed by atoms with E-state index in [4.69, 9.17) is 4.98 Å². The summed E-state index contributed by atoms with van der Waals surface area (Å²) < 4.78 is 53.9. The van der Waals surface area contributed by atoms with Crippen molar-refractivity contribution in [2.24, 2.45) is 0 Å². The number of rotatable bonds is 6. The Balaban J connectivity index is 0.000000217. The maximum Gasteiger partial charge on any atom is 1.00 e. The van der Waals surface area contributed by atoms with Crippen LogP contribution >= 0.6 is 34.4 Å². The van der Waals surface area contributed by atoms with E-state index in [0.29, 0.717) is 27.8 Å². The molecule has 8 aromatic rings. The Morgan fingerprint density at radius 2 is 1.16 bits per heavy atom. The van der Waals surface area contributed by atoms with Crippen molar-refractivity contribution in [3.8, 4) is 45.3 Å². The van der Waals surface area contributed by atoms with Crippen LogP contribution in [0.5, 0.6) is 0 Å². The summed E-state index contributed by atoms with van der Waals surface area (Å²) in [5.41, 5.74) is 5.73. The van der Waals surface area contributed by atoms with E-state index in [1.54, 1.807) is 47.9 Å². The quantitative estimate of drug-likeness (QED) is 0.128. The van der Waals surface area contributed by atoms with Gasteiger partial charge < -0.3 is 1.43 Å². The van der Waals surface area contributed by atoms with Gasteiger partial charge in [-0.15, -0.1) is 22.7 Å². The van der Waals surface area contributed by atoms with Gasteiger partial charge >= 0.3 is 51.4 Å². The minimum Gasteiger partial charge on any atom is -1.00 e. The monoisotopic (exact) mass is 772 g/mol. The summed E-state index contributed by atoms with van der Waals surface area (Å²) in [7, 11) is -3.54. The first-order valence-electron chi connectivity index (χ1n) is 14.0. The number of sulfone groups is 1. The number of fused-ring (bicyclic) bond motifs is 2. The fraction of sp³-hybridized carbons (Fsp3) is 0.0909. The van der Waals surface area contributed by atoms with Crippen molar-refractivity contribution in [3.05, 3.63) is 108 Å². The Bertz CT molecular complexity index is 2520. The number of aromatic nitrogens is 8. The molecule has 0 bridgehead atoms. The minimum absolute atomic E-state index is 0. The fourth-order valence-electron chi connectivity index (χ4n) is 4.90. The van der Waals surface area contributed by atoms with Gasteiger partial charge in [-0.25, -0.2) is 47.1 Å². The predicted octanol–water partition coefficient (Wildman–Crippen LogP) is 5.20. The van der Waals surface area contributed by atoms with E-state index >= 15 is 0 Å². The summed E-state index contributed by atoms with van der Waals surface area (Å²) in [6, 6.07) is 15.8. The van der Waals surface area contributed by atoms with E-state index in [2.05, 4.69) is 24.9 Å². The smallest absolute Gasteiger partial charge is 1.00 e. The van der Waals surface area contributed by atoms with Crippen molar-refractivity contribution in [1.29, 1.82) is 0 Å². The Kier molecular flexibility index (Phi) is 12.1. The second-order valence-corrected chi connectivity index (χ2v) is 14.6. The molecule has 250 valence electrons. The first-order chi connectivity index (χ1) is 23.2. The summed E-state index contributed by atoms with van der Waals surface area (Å²) in [5, 5.41) is 4.31. The summed E-state index contributed by atoms with van der Waals surface area (Å²) in [6.45, 7) is 0. The average molecular weight is 773 g/mol. The van der Waals surface area contributed by atoms with Gasteiger partial charge in [0.05, 0.1) is 22.8 Å². The Morgan fingerprint density at radius 1 is 0.700 bits per heavy atom. The van der Waals surface area contributed by atoms with E-state index in [1.165, 1.54) is 53.6 Å². The van der Waals surface area contributed by atoms with Crippen LogP contribution in [0, 0.1) is 11.6 Å². The van der Waals surface area contributed by atoms with Gasteiger partial charge in [0.2, 0.25) is 15.0 Å². The molecule has 0 fully saturated rings. The summed E-state index contributed by atoms with van der Waals surface area (Å²) >= 11 is 4.49. The SMILES string of the molecule is C.CS(=O)(=O)c1nccc(-c2c(-c3ccc(F)cc3)nc3sccn23)n1.CSc1nccc(-c2c(-c3ccc(F)cc3)nc3sccn23)n1.[H-].[K+]. The number of imidazole rings is 2. The number of hydrogen-bond donors (Lipinski definition) is 0. The standard InChI is InChI=1S/C16H11FN4O2S2.C16H11FN4S2.CH4.K.H/c1-25(22,23)15-18-7-6-12(19-15)14-13(10-2-4-11(17)5-3-10)20-16-21(14)8-9-24-16;1-22-15-18-7-6-12(19-15)14-13(10-2-4-11(17)5-3-10)20-16-21(14)8-9-23-16;;;/h2-9H,1H3;2-9H,1H3;1H4;;/q;;;+1;-1. The van der Waals surface area contributed by atoms with Gasteiger partial charge in [0, 0.05) is 52.9 Å². The summed E-state index contributed by atoms with van der Waals surface area (Å²) in [5.74, 6) is -0.601. The molecule has 0 amide bonds. The molecule has 50 heavy (non-hydrogen) atoms. The maximum atomic E-state index is 13.2. The molecule has 0 spiro atoms. The number of nitrogens with zero attached hydrogens (tertiary/aromatic N) is 8. The van der Waals surface area contributed by atoms with Crippen LogP contribution in [-0.2, 0) is 9.84 Å². The van der Waals surface area contributed by atoms with Crippen LogP contribution in [0.2, 0.25) is 0 Å². The number of hydrogen-bond acceptors (Lipinski definition) is 11. The number of halogens is 2. The van der Waals surface area contributed by atoms with E-state index in [9.17, 15) is 17.2 Å². The van der Waals surface area contributed by atoms with Gasteiger partial charge in [0.25, 0.3) is 0 Å². The Hall–Kier alpha value is -3.26. The molecule has 0 N–H and O–H groups in total. The average Bonchev–Trinajstić information content (AvgIpc) is 3.87. The normalized spacial score (nSPS) is 11.1.